The SMILES string of the molecule is CCNC(=NCC(c1ccc(OC)cc1)N1CCOCC1)NCCCN1CCCC1. The van der Waals surface area contributed by atoms with Gasteiger partial charge in [-0.25, -0.2) is 0 Å². The summed E-state index contributed by atoms with van der Waals surface area (Å²) in [5.41, 5.74) is 1.27. The molecule has 7 heteroatoms. The van der Waals surface area contributed by atoms with Gasteiger partial charge >= 0.3 is 0 Å². The van der Waals surface area contributed by atoms with Crippen LogP contribution < -0.4 is 15.4 Å². The number of hydrogen-bond donors (Lipinski definition) is 2. The average Bonchev–Trinajstić information content (AvgIpc) is 3.31. The summed E-state index contributed by atoms with van der Waals surface area (Å²) in [7, 11) is 1.71. The lowest BCUT2D eigenvalue weighted by Gasteiger charge is -2.34. The van der Waals surface area contributed by atoms with Gasteiger partial charge in [0.25, 0.3) is 0 Å². The molecule has 0 aromatic heterocycles. The number of hydrogen-bond acceptors (Lipinski definition) is 5. The van der Waals surface area contributed by atoms with E-state index in [1.54, 1.807) is 7.11 Å². The van der Waals surface area contributed by atoms with Gasteiger partial charge in [0.15, 0.2) is 5.96 Å². The molecule has 0 aliphatic carbocycles. The average molecular weight is 418 g/mol. The summed E-state index contributed by atoms with van der Waals surface area (Å²) in [6.45, 7) is 11.8. The summed E-state index contributed by atoms with van der Waals surface area (Å²) < 4.78 is 10.9. The largest absolute Gasteiger partial charge is 0.497 e. The van der Waals surface area contributed by atoms with Crippen LogP contribution in [0.4, 0.5) is 0 Å². The van der Waals surface area contributed by atoms with Gasteiger partial charge in [-0.1, -0.05) is 12.1 Å². The van der Waals surface area contributed by atoms with Crippen LogP contribution in [-0.2, 0) is 4.74 Å². The van der Waals surface area contributed by atoms with Crippen molar-refractivity contribution >= 4 is 5.96 Å². The van der Waals surface area contributed by atoms with Gasteiger partial charge in [0.05, 0.1) is 32.9 Å². The Hall–Kier alpha value is -1.83. The number of rotatable bonds is 10. The van der Waals surface area contributed by atoms with Crippen LogP contribution >= 0.6 is 0 Å². The number of likely N-dealkylation sites (tertiary alicyclic amines) is 1. The second kappa shape index (κ2) is 12.8. The number of morpholine rings is 1. The molecule has 0 saturated carbocycles. The highest BCUT2D eigenvalue weighted by molar-refractivity contribution is 5.79. The van der Waals surface area contributed by atoms with E-state index in [9.17, 15) is 0 Å². The van der Waals surface area contributed by atoms with Crippen LogP contribution in [0.1, 0.15) is 37.8 Å². The molecular formula is C23H39N5O2. The molecular weight excluding hydrogens is 378 g/mol. The van der Waals surface area contributed by atoms with Crippen LogP contribution in [0.15, 0.2) is 29.3 Å². The fourth-order valence-electron chi connectivity index (χ4n) is 4.18. The highest BCUT2D eigenvalue weighted by Crippen LogP contribution is 2.24. The number of guanidine groups is 1. The molecule has 0 spiro atoms. The molecule has 0 bridgehead atoms. The number of benzene rings is 1. The van der Waals surface area contributed by atoms with Crippen LogP contribution in [0.5, 0.6) is 5.75 Å². The van der Waals surface area contributed by atoms with Gasteiger partial charge in [0, 0.05) is 26.2 Å². The highest BCUT2D eigenvalue weighted by atomic mass is 16.5. The standard InChI is InChI=1S/C23H39N5O2/c1-3-24-23(25-11-6-14-27-12-4-5-13-27)26-19-22(28-15-17-30-18-16-28)20-7-9-21(29-2)10-8-20/h7-10,22H,3-6,11-19H2,1-2H3,(H2,24,25,26). The summed E-state index contributed by atoms with van der Waals surface area (Å²) in [4.78, 5) is 9.98. The molecule has 3 rings (SSSR count). The maximum absolute atomic E-state index is 5.57. The van der Waals surface area contributed by atoms with Crippen molar-refractivity contribution in [3.05, 3.63) is 29.8 Å². The number of nitrogens with one attached hydrogen (secondary N) is 2. The summed E-state index contributed by atoms with van der Waals surface area (Å²) in [5.74, 6) is 1.79. The molecule has 168 valence electrons. The molecule has 1 aromatic rings. The zero-order valence-corrected chi connectivity index (χ0v) is 18.7. The molecule has 2 aliphatic rings. The third kappa shape index (κ3) is 7.15. The quantitative estimate of drug-likeness (QED) is 0.345. The maximum atomic E-state index is 5.57. The Kier molecular flexibility index (Phi) is 9.73. The zero-order chi connectivity index (χ0) is 21.0. The molecule has 30 heavy (non-hydrogen) atoms. The second-order valence-electron chi connectivity index (χ2n) is 7.99. The summed E-state index contributed by atoms with van der Waals surface area (Å²) >= 11 is 0. The topological polar surface area (TPSA) is 61.4 Å². The van der Waals surface area contributed by atoms with E-state index in [0.29, 0.717) is 6.54 Å². The van der Waals surface area contributed by atoms with Gasteiger partial charge in [-0.15, -0.1) is 0 Å². The highest BCUT2D eigenvalue weighted by Gasteiger charge is 2.22. The normalized spacial score (nSPS) is 19.6. The second-order valence-corrected chi connectivity index (χ2v) is 7.99. The minimum atomic E-state index is 0.236. The minimum absolute atomic E-state index is 0.236. The van der Waals surface area contributed by atoms with Crippen molar-refractivity contribution < 1.29 is 9.47 Å². The maximum Gasteiger partial charge on any atom is 0.191 e. The molecule has 2 aliphatic heterocycles. The van der Waals surface area contributed by atoms with E-state index in [1.165, 1.54) is 38.0 Å². The minimum Gasteiger partial charge on any atom is -0.497 e. The van der Waals surface area contributed by atoms with Crippen molar-refractivity contribution in [1.82, 2.24) is 20.4 Å². The van der Waals surface area contributed by atoms with Crippen LogP contribution in [0.2, 0.25) is 0 Å². The van der Waals surface area contributed by atoms with Crippen molar-refractivity contribution in [2.75, 3.05) is 72.7 Å². The van der Waals surface area contributed by atoms with Crippen molar-refractivity contribution in [3.8, 4) is 5.75 Å². The first-order valence-electron chi connectivity index (χ1n) is 11.5. The molecule has 2 N–H and O–H groups in total. The van der Waals surface area contributed by atoms with E-state index in [0.717, 1.165) is 57.5 Å². The Balaban J connectivity index is 1.59. The van der Waals surface area contributed by atoms with Crippen LogP contribution in [0.25, 0.3) is 0 Å². The summed E-state index contributed by atoms with van der Waals surface area (Å²) in [6, 6.07) is 8.62. The van der Waals surface area contributed by atoms with Gasteiger partial charge in [0.1, 0.15) is 5.75 Å². The molecule has 1 aromatic carbocycles. The molecule has 2 saturated heterocycles. The van der Waals surface area contributed by atoms with E-state index < -0.39 is 0 Å². The number of nitrogens with zero attached hydrogens (tertiary/aromatic N) is 3. The van der Waals surface area contributed by atoms with Gasteiger partial charge in [-0.3, -0.25) is 9.89 Å². The van der Waals surface area contributed by atoms with Crippen LogP contribution in [-0.4, -0.2) is 88.4 Å². The predicted octanol–water partition coefficient (Wildman–Crippen LogP) is 2.11. The molecule has 0 radical (unpaired) electrons. The first kappa shape index (κ1) is 22.8. The van der Waals surface area contributed by atoms with Gasteiger partial charge < -0.3 is 25.0 Å². The van der Waals surface area contributed by atoms with Gasteiger partial charge in [0.2, 0.25) is 0 Å². The first-order valence-corrected chi connectivity index (χ1v) is 11.5. The monoisotopic (exact) mass is 417 g/mol. The van der Waals surface area contributed by atoms with E-state index in [2.05, 4.69) is 39.5 Å². The third-order valence-electron chi connectivity index (χ3n) is 5.90. The van der Waals surface area contributed by atoms with Crippen molar-refractivity contribution in [2.24, 2.45) is 4.99 Å². The lowest BCUT2D eigenvalue weighted by molar-refractivity contribution is 0.0179. The lowest BCUT2D eigenvalue weighted by Crippen LogP contribution is -2.42. The Morgan fingerprint density at radius 1 is 1.10 bits per heavy atom. The van der Waals surface area contributed by atoms with Gasteiger partial charge in [-0.2, -0.15) is 0 Å². The summed E-state index contributed by atoms with van der Waals surface area (Å²) in [5, 5.41) is 6.92. The fourth-order valence-corrected chi connectivity index (χ4v) is 4.18. The smallest absolute Gasteiger partial charge is 0.191 e. The number of methoxy groups -OCH3 is 1. The first-order chi connectivity index (χ1) is 14.8. The molecule has 1 atom stereocenters. The third-order valence-corrected chi connectivity index (χ3v) is 5.90. The van der Waals surface area contributed by atoms with E-state index >= 15 is 0 Å². The number of aliphatic imine (C=N–C) groups is 1. The number of ether oxygens (including phenoxy) is 2. The summed E-state index contributed by atoms with van der Waals surface area (Å²) in [6.07, 6.45) is 3.85. The van der Waals surface area contributed by atoms with Crippen molar-refractivity contribution in [2.45, 2.75) is 32.2 Å². The van der Waals surface area contributed by atoms with Crippen molar-refractivity contribution in [3.63, 3.8) is 0 Å². The fraction of sp³-hybridized carbons (Fsp3) is 0.696. The predicted molar refractivity (Wildman–Crippen MR) is 122 cm³/mol. The zero-order valence-electron chi connectivity index (χ0n) is 18.7. The lowest BCUT2D eigenvalue weighted by atomic mass is 10.0. The molecule has 1 unspecified atom stereocenters. The Morgan fingerprint density at radius 3 is 2.50 bits per heavy atom. The van der Waals surface area contributed by atoms with Crippen LogP contribution in [0, 0.1) is 0 Å². The Morgan fingerprint density at radius 2 is 1.83 bits per heavy atom. The van der Waals surface area contributed by atoms with Crippen LogP contribution in [0.3, 0.4) is 0 Å². The molecule has 7 nitrogen and oxygen atoms in total. The van der Waals surface area contributed by atoms with E-state index in [1.807, 2.05) is 12.1 Å². The Bertz CT molecular complexity index is 625. The molecule has 0 amide bonds. The van der Waals surface area contributed by atoms with Gasteiger partial charge in [-0.05, 0) is 63.5 Å². The van der Waals surface area contributed by atoms with E-state index in [4.69, 9.17) is 14.5 Å². The Labute approximate surface area is 181 Å². The van der Waals surface area contributed by atoms with E-state index in [-0.39, 0.29) is 6.04 Å². The van der Waals surface area contributed by atoms with Crippen molar-refractivity contribution in [1.29, 1.82) is 0 Å². The molecule has 2 fully saturated rings. The molecule has 2 heterocycles.